The first-order chi connectivity index (χ1) is 15.0. The summed E-state index contributed by atoms with van der Waals surface area (Å²) >= 11 is 8.02. The molecule has 0 spiro atoms. The minimum atomic E-state index is -0.216. The number of fused-ring (bicyclic) bond motifs is 1. The van der Waals surface area contributed by atoms with Crippen molar-refractivity contribution < 1.29 is 9.53 Å². The molecule has 0 saturated carbocycles. The van der Waals surface area contributed by atoms with E-state index in [1.807, 2.05) is 37.3 Å². The zero-order chi connectivity index (χ0) is 22.4. The highest BCUT2D eigenvalue weighted by molar-refractivity contribution is 8.08. The maximum atomic E-state index is 13.4. The van der Waals surface area contributed by atoms with E-state index in [0.717, 1.165) is 33.8 Å². The number of ether oxygens (including phenoxy) is 1. The molecule has 2 atom stereocenters. The summed E-state index contributed by atoms with van der Waals surface area (Å²) < 4.78 is 5.59. The van der Waals surface area contributed by atoms with Gasteiger partial charge < -0.3 is 4.74 Å². The topological polar surface area (TPSA) is 26.3 Å². The van der Waals surface area contributed by atoms with Gasteiger partial charge in [-0.25, -0.2) is 4.79 Å². The van der Waals surface area contributed by atoms with Crippen molar-refractivity contribution in [3.8, 4) is 0 Å². The zero-order valence-corrected chi connectivity index (χ0v) is 20.3. The molecular weight excluding hydrogens is 424 g/mol. The lowest BCUT2D eigenvalue weighted by molar-refractivity contribution is -0.139. The molecule has 0 radical (unpaired) electrons. The minimum absolute atomic E-state index is 0.0572. The van der Waals surface area contributed by atoms with E-state index in [0.29, 0.717) is 17.5 Å². The van der Waals surface area contributed by atoms with E-state index < -0.39 is 0 Å². The highest BCUT2D eigenvalue weighted by atomic mass is 35.5. The summed E-state index contributed by atoms with van der Waals surface area (Å²) in [5.41, 5.74) is 3.06. The van der Waals surface area contributed by atoms with Crippen molar-refractivity contribution in [2.75, 3.05) is 6.61 Å². The third kappa shape index (κ3) is 5.64. The standard InChI is InChI=1S/C27H31ClO2S/c1-5-7-13-22(18(3)4)24-16-19-14-15-20(28)17-23(19)26(25(24)27(29)30-6-2)31-21-11-9-8-10-12-21/h7-15,17-18,22,24H,5-6,16H2,1-4H3. The minimum Gasteiger partial charge on any atom is -0.463 e. The molecule has 1 aliphatic carbocycles. The fraction of sp³-hybridized carbons (Fsp3) is 0.370. The summed E-state index contributed by atoms with van der Waals surface area (Å²) in [5.74, 6) is 0.484. The molecule has 0 N–H and O–H groups in total. The fourth-order valence-corrected chi connectivity index (χ4v) is 5.55. The van der Waals surface area contributed by atoms with Crippen LogP contribution >= 0.6 is 23.4 Å². The van der Waals surface area contributed by atoms with Gasteiger partial charge in [0.25, 0.3) is 0 Å². The molecule has 0 heterocycles. The van der Waals surface area contributed by atoms with Gasteiger partial charge in [0.15, 0.2) is 0 Å². The van der Waals surface area contributed by atoms with Crippen LogP contribution in [0.1, 0.15) is 45.2 Å². The van der Waals surface area contributed by atoms with Crippen molar-refractivity contribution in [1.29, 1.82) is 0 Å². The number of carbonyl (C=O) groups excluding carboxylic acids is 1. The molecule has 0 fully saturated rings. The lowest BCUT2D eigenvalue weighted by Crippen LogP contribution is -2.30. The van der Waals surface area contributed by atoms with Crippen molar-refractivity contribution >= 4 is 34.2 Å². The second-order valence-electron chi connectivity index (χ2n) is 8.15. The van der Waals surface area contributed by atoms with Crippen LogP contribution in [-0.4, -0.2) is 12.6 Å². The van der Waals surface area contributed by atoms with E-state index in [9.17, 15) is 4.79 Å². The van der Waals surface area contributed by atoms with Crippen LogP contribution in [0.5, 0.6) is 0 Å². The van der Waals surface area contributed by atoms with Crippen LogP contribution in [0.4, 0.5) is 0 Å². The van der Waals surface area contributed by atoms with E-state index in [4.69, 9.17) is 16.3 Å². The summed E-state index contributed by atoms with van der Waals surface area (Å²) in [6.07, 6.45) is 6.29. The average Bonchev–Trinajstić information content (AvgIpc) is 2.75. The van der Waals surface area contributed by atoms with E-state index >= 15 is 0 Å². The molecule has 0 aromatic heterocycles. The quantitative estimate of drug-likeness (QED) is 0.300. The second kappa shape index (κ2) is 11.1. The Bertz CT molecular complexity index is 962. The van der Waals surface area contributed by atoms with Crippen LogP contribution in [0.15, 0.2) is 71.2 Å². The zero-order valence-electron chi connectivity index (χ0n) is 18.7. The van der Waals surface area contributed by atoms with Crippen molar-refractivity contribution in [3.05, 3.63) is 82.4 Å². The number of hydrogen-bond donors (Lipinski definition) is 0. The maximum Gasteiger partial charge on any atom is 0.335 e. The number of hydrogen-bond acceptors (Lipinski definition) is 3. The normalized spacial score (nSPS) is 17.2. The number of thioether (sulfide) groups is 1. The van der Waals surface area contributed by atoms with E-state index in [2.05, 4.69) is 51.1 Å². The molecule has 31 heavy (non-hydrogen) atoms. The summed E-state index contributed by atoms with van der Waals surface area (Å²) in [6, 6.07) is 16.2. The van der Waals surface area contributed by atoms with Gasteiger partial charge in [0, 0.05) is 20.7 Å². The van der Waals surface area contributed by atoms with Gasteiger partial charge in [-0.15, -0.1) is 0 Å². The first-order valence-electron chi connectivity index (χ1n) is 11.1. The number of carbonyl (C=O) groups is 1. The Morgan fingerprint density at radius 3 is 2.58 bits per heavy atom. The molecule has 2 unspecified atom stereocenters. The molecular formula is C27H31ClO2S. The Morgan fingerprint density at radius 1 is 1.19 bits per heavy atom. The Morgan fingerprint density at radius 2 is 1.94 bits per heavy atom. The van der Waals surface area contributed by atoms with Crippen molar-refractivity contribution in [1.82, 2.24) is 0 Å². The Labute approximate surface area is 195 Å². The Kier molecular flexibility index (Phi) is 8.45. The number of allylic oxidation sites excluding steroid dienone is 2. The molecule has 2 nitrogen and oxygen atoms in total. The largest absolute Gasteiger partial charge is 0.463 e. The molecule has 0 aliphatic heterocycles. The number of rotatable bonds is 8. The highest BCUT2D eigenvalue weighted by Gasteiger charge is 2.37. The monoisotopic (exact) mass is 454 g/mol. The van der Waals surface area contributed by atoms with E-state index in [-0.39, 0.29) is 17.8 Å². The predicted octanol–water partition coefficient (Wildman–Crippen LogP) is 7.82. The van der Waals surface area contributed by atoms with Crippen LogP contribution < -0.4 is 0 Å². The molecule has 2 aromatic rings. The fourth-order valence-electron chi connectivity index (χ4n) is 4.20. The second-order valence-corrected chi connectivity index (χ2v) is 9.67. The van der Waals surface area contributed by atoms with Gasteiger partial charge in [0.05, 0.1) is 12.2 Å². The van der Waals surface area contributed by atoms with Crippen LogP contribution in [0, 0.1) is 17.8 Å². The summed E-state index contributed by atoms with van der Waals surface area (Å²) in [7, 11) is 0. The van der Waals surface area contributed by atoms with E-state index in [1.165, 1.54) is 5.56 Å². The van der Waals surface area contributed by atoms with Gasteiger partial charge in [0.1, 0.15) is 0 Å². The van der Waals surface area contributed by atoms with Gasteiger partial charge in [-0.3, -0.25) is 0 Å². The van der Waals surface area contributed by atoms with Gasteiger partial charge in [-0.05, 0) is 67.0 Å². The van der Waals surface area contributed by atoms with Gasteiger partial charge in [-0.1, -0.05) is 80.6 Å². The lowest BCUT2D eigenvalue weighted by Gasteiger charge is -2.35. The van der Waals surface area contributed by atoms with Crippen molar-refractivity contribution in [2.24, 2.45) is 17.8 Å². The summed E-state index contributed by atoms with van der Waals surface area (Å²) in [4.78, 5) is 15.4. The number of esters is 1. The van der Waals surface area contributed by atoms with E-state index in [1.54, 1.807) is 11.8 Å². The molecule has 0 amide bonds. The molecule has 2 aromatic carbocycles. The molecule has 1 aliphatic rings. The van der Waals surface area contributed by atoms with Crippen molar-refractivity contribution in [2.45, 2.75) is 45.4 Å². The number of benzene rings is 2. The maximum absolute atomic E-state index is 13.4. The Balaban J connectivity index is 2.23. The summed E-state index contributed by atoms with van der Waals surface area (Å²) in [6.45, 7) is 8.83. The summed E-state index contributed by atoms with van der Waals surface area (Å²) in [5, 5.41) is 0.679. The molecule has 0 saturated heterocycles. The first-order valence-corrected chi connectivity index (χ1v) is 12.2. The molecule has 164 valence electrons. The lowest BCUT2D eigenvalue weighted by atomic mass is 9.72. The Hall–Kier alpha value is -1.97. The molecule has 0 bridgehead atoms. The SMILES string of the molecule is CCC=CC(C(C)C)C1Cc2ccc(Cl)cc2C(Sc2ccccc2)=C1C(=O)OCC. The van der Waals surface area contributed by atoms with Crippen LogP contribution in [0.3, 0.4) is 0 Å². The third-order valence-electron chi connectivity index (χ3n) is 5.66. The highest BCUT2D eigenvalue weighted by Crippen LogP contribution is 2.48. The van der Waals surface area contributed by atoms with Gasteiger partial charge in [-0.2, -0.15) is 0 Å². The average molecular weight is 455 g/mol. The molecule has 3 rings (SSSR count). The van der Waals surface area contributed by atoms with Crippen LogP contribution in [0.2, 0.25) is 5.02 Å². The number of halogens is 1. The smallest absolute Gasteiger partial charge is 0.335 e. The predicted molar refractivity (Wildman–Crippen MR) is 132 cm³/mol. The van der Waals surface area contributed by atoms with Crippen LogP contribution in [0.25, 0.3) is 4.91 Å². The first kappa shape index (κ1) is 23.7. The molecule has 4 heteroatoms. The van der Waals surface area contributed by atoms with Gasteiger partial charge in [0.2, 0.25) is 0 Å². The van der Waals surface area contributed by atoms with Crippen molar-refractivity contribution in [3.63, 3.8) is 0 Å². The van der Waals surface area contributed by atoms with Crippen LogP contribution in [-0.2, 0) is 16.0 Å². The van der Waals surface area contributed by atoms with Gasteiger partial charge >= 0.3 is 5.97 Å². The third-order valence-corrected chi connectivity index (χ3v) is 7.05.